The molecule has 1 heterocycles. The molecule has 0 atom stereocenters. The Kier molecular flexibility index (Phi) is 0.711. The number of thiophene rings is 1. The molecule has 0 aliphatic carbocycles. The fourth-order valence-corrected chi connectivity index (χ4v) is 0.589. The first-order valence-corrected chi connectivity index (χ1v) is 2.32. The Morgan fingerprint density at radius 2 is 2.60 bits per heavy atom. The van der Waals surface area contributed by atoms with Gasteiger partial charge >= 0.3 is 0 Å². The van der Waals surface area contributed by atoms with Crippen molar-refractivity contribution in [3.05, 3.63) is 22.9 Å². The standard InChI is InChI=1S/C4H3S/c1-2-4-5-3-1/h1,3-4H. The summed E-state index contributed by atoms with van der Waals surface area (Å²) in [6.07, 6.45) is 0. The minimum atomic E-state index is 1.66. The lowest BCUT2D eigenvalue weighted by Gasteiger charge is -1.39. The second kappa shape index (κ2) is 1.22. The first kappa shape index (κ1) is 2.91. The molecular formula is C4H3S. The van der Waals surface area contributed by atoms with Crippen molar-refractivity contribution in [1.29, 1.82) is 0 Å². The lowest BCUT2D eigenvalue weighted by atomic mass is 10.7. The van der Waals surface area contributed by atoms with Gasteiger partial charge in [0, 0.05) is 0 Å². The largest absolute Gasteiger partial charge is 0.152 e. The van der Waals surface area contributed by atoms with Crippen molar-refractivity contribution in [2.45, 2.75) is 0 Å². The smallest absolute Gasteiger partial charge is 0.00144 e. The normalized spacial score (nSPS) is 8.00. The molecule has 0 nitrogen and oxygen atoms in total. The van der Waals surface area contributed by atoms with Crippen molar-refractivity contribution in [3.63, 3.8) is 0 Å². The lowest BCUT2D eigenvalue weighted by Crippen LogP contribution is -1.19. The van der Waals surface area contributed by atoms with E-state index < -0.39 is 0 Å². The average Bonchev–Trinajstić information content (AvgIpc) is 1.76. The maximum atomic E-state index is 2.88. The Labute approximate surface area is 35.1 Å². The van der Waals surface area contributed by atoms with E-state index in [1.807, 2.05) is 16.8 Å². The fraction of sp³-hybridized carbons (Fsp3) is 0. The molecule has 0 spiro atoms. The maximum absolute atomic E-state index is 2.88. The Hall–Kier alpha value is -0.300. The number of hydrogen-bond donors (Lipinski definition) is 0. The van der Waals surface area contributed by atoms with Crippen molar-refractivity contribution in [1.82, 2.24) is 0 Å². The van der Waals surface area contributed by atoms with Crippen molar-refractivity contribution in [3.8, 4) is 0 Å². The predicted octanol–water partition coefficient (Wildman–Crippen LogP) is 1.55. The third-order valence-electron chi connectivity index (χ3n) is 0.379. The molecular weight excluding hydrogens is 80.1 g/mol. The molecule has 1 radical (unpaired) electrons. The van der Waals surface area contributed by atoms with E-state index in [4.69, 9.17) is 0 Å². The lowest BCUT2D eigenvalue weighted by molar-refractivity contribution is 1.99. The van der Waals surface area contributed by atoms with Crippen LogP contribution in [0.3, 0.4) is 0 Å². The highest BCUT2D eigenvalue weighted by atomic mass is 32.1. The predicted molar refractivity (Wildman–Crippen MR) is 23.2 cm³/mol. The maximum Gasteiger partial charge on any atom is -0.00144 e. The molecule has 0 saturated carbocycles. The summed E-state index contributed by atoms with van der Waals surface area (Å²) in [7, 11) is 0. The van der Waals surface area contributed by atoms with Gasteiger partial charge in [-0.05, 0) is 22.9 Å². The van der Waals surface area contributed by atoms with Crippen LogP contribution in [0.15, 0.2) is 16.8 Å². The Balaban J connectivity index is 3.13. The van der Waals surface area contributed by atoms with Gasteiger partial charge in [-0.1, -0.05) is 0 Å². The number of rotatable bonds is 0. The van der Waals surface area contributed by atoms with E-state index in [-0.39, 0.29) is 0 Å². The molecule has 0 bridgehead atoms. The van der Waals surface area contributed by atoms with Gasteiger partial charge in [0.1, 0.15) is 0 Å². The average molecular weight is 83.1 g/mol. The van der Waals surface area contributed by atoms with Gasteiger partial charge in [-0.2, -0.15) is 11.3 Å². The summed E-state index contributed by atoms with van der Waals surface area (Å²) < 4.78 is 0. The monoisotopic (exact) mass is 83.0 g/mol. The third-order valence-corrected chi connectivity index (χ3v) is 0.944. The minimum absolute atomic E-state index is 1.66. The minimum Gasteiger partial charge on any atom is -0.152 e. The Bertz CT molecular complexity index is 60.1. The van der Waals surface area contributed by atoms with E-state index in [2.05, 4.69) is 6.07 Å². The summed E-state index contributed by atoms with van der Waals surface area (Å²) in [5.74, 6) is 0. The van der Waals surface area contributed by atoms with Crippen LogP contribution in [0.2, 0.25) is 0 Å². The van der Waals surface area contributed by atoms with Crippen LogP contribution in [-0.4, -0.2) is 0 Å². The van der Waals surface area contributed by atoms with Crippen LogP contribution in [0.5, 0.6) is 0 Å². The molecule has 1 aromatic rings. The zero-order chi connectivity index (χ0) is 3.54. The van der Waals surface area contributed by atoms with Crippen molar-refractivity contribution < 1.29 is 0 Å². The van der Waals surface area contributed by atoms with Gasteiger partial charge in [0.05, 0.1) is 0 Å². The zero-order valence-electron chi connectivity index (χ0n) is 2.64. The van der Waals surface area contributed by atoms with Crippen LogP contribution in [0.25, 0.3) is 0 Å². The number of hydrogen-bond acceptors (Lipinski definition) is 1. The molecule has 0 saturated heterocycles. The van der Waals surface area contributed by atoms with Crippen LogP contribution in [0.4, 0.5) is 0 Å². The third kappa shape index (κ3) is 0.484. The Morgan fingerprint density at radius 3 is 2.80 bits per heavy atom. The van der Waals surface area contributed by atoms with Gasteiger partial charge < -0.3 is 0 Å². The highest BCUT2D eigenvalue weighted by Crippen LogP contribution is 1.90. The Morgan fingerprint density at radius 1 is 1.60 bits per heavy atom. The van der Waals surface area contributed by atoms with Gasteiger partial charge in [-0.15, -0.1) is 0 Å². The molecule has 1 heteroatoms. The van der Waals surface area contributed by atoms with E-state index >= 15 is 0 Å². The highest BCUT2D eigenvalue weighted by molar-refractivity contribution is 7.07. The van der Waals surface area contributed by atoms with Crippen LogP contribution in [0, 0.1) is 6.07 Å². The van der Waals surface area contributed by atoms with Crippen LogP contribution >= 0.6 is 11.3 Å². The molecule has 25 valence electrons. The van der Waals surface area contributed by atoms with E-state index in [0.717, 1.165) is 0 Å². The second-order valence-electron chi connectivity index (χ2n) is 0.723. The van der Waals surface area contributed by atoms with E-state index in [0.29, 0.717) is 0 Å². The van der Waals surface area contributed by atoms with Crippen molar-refractivity contribution >= 4 is 11.3 Å². The second-order valence-corrected chi connectivity index (χ2v) is 1.50. The van der Waals surface area contributed by atoms with Crippen LogP contribution in [-0.2, 0) is 0 Å². The van der Waals surface area contributed by atoms with Gasteiger partial charge in [0.25, 0.3) is 0 Å². The molecule has 0 amide bonds. The van der Waals surface area contributed by atoms with Gasteiger partial charge in [-0.25, -0.2) is 0 Å². The molecule has 5 heavy (non-hydrogen) atoms. The summed E-state index contributed by atoms with van der Waals surface area (Å²) in [6.45, 7) is 0. The fourth-order valence-electron chi connectivity index (χ4n) is 0.196. The zero-order valence-corrected chi connectivity index (χ0v) is 3.46. The van der Waals surface area contributed by atoms with Crippen molar-refractivity contribution in [2.24, 2.45) is 0 Å². The van der Waals surface area contributed by atoms with E-state index in [1.165, 1.54) is 0 Å². The molecule has 0 aliphatic rings. The molecule has 0 N–H and O–H groups in total. The van der Waals surface area contributed by atoms with Crippen molar-refractivity contribution in [2.75, 3.05) is 0 Å². The van der Waals surface area contributed by atoms with Gasteiger partial charge in [0.2, 0.25) is 0 Å². The SMILES string of the molecule is [c]1ccsc1. The van der Waals surface area contributed by atoms with Gasteiger partial charge in [0.15, 0.2) is 0 Å². The summed E-state index contributed by atoms with van der Waals surface area (Å²) >= 11 is 1.66. The van der Waals surface area contributed by atoms with Crippen LogP contribution in [0.1, 0.15) is 0 Å². The first-order valence-electron chi connectivity index (χ1n) is 1.38. The molecule has 1 aromatic heterocycles. The topological polar surface area (TPSA) is 0 Å². The highest BCUT2D eigenvalue weighted by Gasteiger charge is 1.59. The molecule has 0 aromatic carbocycles. The molecule has 0 unspecified atom stereocenters. The molecule has 0 fully saturated rings. The quantitative estimate of drug-likeness (QED) is 0.446. The summed E-state index contributed by atoms with van der Waals surface area (Å²) in [5, 5.41) is 3.90. The summed E-state index contributed by atoms with van der Waals surface area (Å²) in [4.78, 5) is 0. The van der Waals surface area contributed by atoms with Gasteiger partial charge in [-0.3, -0.25) is 0 Å². The summed E-state index contributed by atoms with van der Waals surface area (Å²) in [6, 6.07) is 4.77. The first-order chi connectivity index (χ1) is 2.50. The molecule has 1 rings (SSSR count). The summed E-state index contributed by atoms with van der Waals surface area (Å²) in [5.41, 5.74) is 0. The van der Waals surface area contributed by atoms with E-state index in [1.54, 1.807) is 11.3 Å². The van der Waals surface area contributed by atoms with E-state index in [9.17, 15) is 0 Å². The van der Waals surface area contributed by atoms with Crippen LogP contribution < -0.4 is 0 Å². The molecule has 0 aliphatic heterocycles.